The largest absolute Gasteiger partial charge is 0.490 e. The molecule has 0 atom stereocenters. The fourth-order valence-electron chi connectivity index (χ4n) is 1.55. The molecule has 1 aromatic carbocycles. The summed E-state index contributed by atoms with van der Waals surface area (Å²) in [6, 6.07) is 5.63. The van der Waals surface area contributed by atoms with E-state index in [9.17, 15) is 4.79 Å². The number of benzene rings is 1. The van der Waals surface area contributed by atoms with Crippen LogP contribution in [-0.4, -0.2) is 29.3 Å². The van der Waals surface area contributed by atoms with Gasteiger partial charge in [0.15, 0.2) is 0 Å². The van der Waals surface area contributed by atoms with Crippen LogP contribution >= 0.6 is 15.9 Å². The Hall–Kier alpha value is -1.23. The summed E-state index contributed by atoms with van der Waals surface area (Å²) in [5, 5.41) is 8.92. The summed E-state index contributed by atoms with van der Waals surface area (Å²) in [6.45, 7) is 1.17. The van der Waals surface area contributed by atoms with Crippen LogP contribution in [0.3, 0.4) is 0 Å². The van der Waals surface area contributed by atoms with Gasteiger partial charge in [-0.2, -0.15) is 0 Å². The summed E-state index contributed by atoms with van der Waals surface area (Å²) >= 11 is 3.38. The summed E-state index contributed by atoms with van der Waals surface area (Å²) in [6.07, 6.45) is -0.911. The van der Waals surface area contributed by atoms with Crippen LogP contribution in [0.2, 0.25) is 0 Å². The predicted octanol–water partition coefficient (Wildman–Crippen LogP) is 2.32. The number of nitrogens with zero attached hydrogens (tertiary/aromatic N) is 1. The Morgan fingerprint density at radius 1 is 1.53 bits per heavy atom. The highest BCUT2D eigenvalue weighted by molar-refractivity contribution is 9.10. The Labute approximate surface area is 95.6 Å². The molecule has 2 rings (SSSR count). The van der Waals surface area contributed by atoms with Crippen LogP contribution in [0.1, 0.15) is 5.56 Å². The molecule has 0 radical (unpaired) electrons. The highest BCUT2D eigenvalue weighted by Gasteiger charge is 2.19. The molecule has 80 valence electrons. The van der Waals surface area contributed by atoms with Crippen molar-refractivity contribution in [2.24, 2.45) is 0 Å². The molecule has 0 fully saturated rings. The Morgan fingerprint density at radius 3 is 3.07 bits per heavy atom. The van der Waals surface area contributed by atoms with E-state index in [2.05, 4.69) is 15.9 Å². The van der Waals surface area contributed by atoms with Crippen LogP contribution in [0.5, 0.6) is 5.75 Å². The average Bonchev–Trinajstić information content (AvgIpc) is 2.40. The summed E-state index contributed by atoms with van der Waals surface area (Å²) in [5.41, 5.74) is 0.893. The number of halogens is 1. The molecular formula is C10H10BrNO3. The van der Waals surface area contributed by atoms with Crippen LogP contribution in [0.15, 0.2) is 22.7 Å². The summed E-state index contributed by atoms with van der Waals surface area (Å²) < 4.78 is 6.38. The van der Waals surface area contributed by atoms with E-state index in [1.54, 1.807) is 0 Å². The smallest absolute Gasteiger partial charge is 0.407 e. The molecule has 1 aliphatic rings. The lowest BCUT2D eigenvalue weighted by Crippen LogP contribution is -2.30. The zero-order chi connectivity index (χ0) is 10.8. The van der Waals surface area contributed by atoms with Crippen molar-refractivity contribution in [3.05, 3.63) is 28.2 Å². The van der Waals surface area contributed by atoms with Crippen LogP contribution in [0.25, 0.3) is 0 Å². The second-order valence-corrected chi connectivity index (χ2v) is 4.14. The van der Waals surface area contributed by atoms with Gasteiger partial charge in [0.25, 0.3) is 0 Å². The molecule has 0 unspecified atom stereocenters. The van der Waals surface area contributed by atoms with Gasteiger partial charge < -0.3 is 14.7 Å². The molecule has 15 heavy (non-hydrogen) atoms. The van der Waals surface area contributed by atoms with Crippen LogP contribution in [0.4, 0.5) is 4.79 Å². The Kier molecular flexibility index (Phi) is 2.81. The second-order valence-electron chi connectivity index (χ2n) is 3.28. The van der Waals surface area contributed by atoms with Crippen molar-refractivity contribution < 1.29 is 14.6 Å². The monoisotopic (exact) mass is 271 g/mol. The third-order valence-electron chi connectivity index (χ3n) is 2.29. The molecule has 1 amide bonds. The van der Waals surface area contributed by atoms with E-state index < -0.39 is 6.09 Å². The predicted molar refractivity (Wildman–Crippen MR) is 58.1 cm³/mol. The normalized spacial score (nSPS) is 15.1. The van der Waals surface area contributed by atoms with E-state index >= 15 is 0 Å². The van der Waals surface area contributed by atoms with Gasteiger partial charge in [0.1, 0.15) is 12.4 Å². The maximum Gasteiger partial charge on any atom is 0.407 e. The number of hydrogen-bond donors (Lipinski definition) is 1. The molecule has 0 spiro atoms. The minimum atomic E-state index is -0.911. The minimum Gasteiger partial charge on any atom is -0.490 e. The van der Waals surface area contributed by atoms with Crippen molar-refractivity contribution in [3.8, 4) is 5.75 Å². The highest BCUT2D eigenvalue weighted by atomic mass is 79.9. The number of rotatable bonds is 0. The van der Waals surface area contributed by atoms with Crippen LogP contribution < -0.4 is 4.74 Å². The fourth-order valence-corrected chi connectivity index (χ4v) is 2.07. The van der Waals surface area contributed by atoms with E-state index in [1.165, 1.54) is 4.90 Å². The molecule has 0 aromatic heterocycles. The lowest BCUT2D eigenvalue weighted by atomic mass is 10.2. The molecule has 0 saturated carbocycles. The van der Waals surface area contributed by atoms with E-state index in [0.717, 1.165) is 15.8 Å². The Morgan fingerprint density at radius 2 is 2.33 bits per heavy atom. The number of carboxylic acid groups (broad SMARTS) is 1. The first kappa shape index (κ1) is 10.3. The first-order valence-electron chi connectivity index (χ1n) is 4.56. The van der Waals surface area contributed by atoms with Crippen molar-refractivity contribution in [2.75, 3.05) is 13.2 Å². The van der Waals surface area contributed by atoms with E-state index in [4.69, 9.17) is 9.84 Å². The maximum absolute atomic E-state index is 10.9. The second kappa shape index (κ2) is 4.10. The molecule has 1 heterocycles. The number of fused-ring (bicyclic) bond motifs is 1. The SMILES string of the molecule is O=C(O)N1CCOc2c(Br)cccc2C1. The number of hydrogen-bond acceptors (Lipinski definition) is 2. The van der Waals surface area contributed by atoms with Crippen LogP contribution in [-0.2, 0) is 6.54 Å². The van der Waals surface area contributed by atoms with Gasteiger partial charge in [0.2, 0.25) is 0 Å². The third kappa shape index (κ3) is 2.07. The van der Waals surface area contributed by atoms with E-state index in [0.29, 0.717) is 19.7 Å². The van der Waals surface area contributed by atoms with Crippen molar-refractivity contribution in [1.82, 2.24) is 4.90 Å². The Balaban J connectivity index is 2.34. The average molecular weight is 272 g/mol. The number of ether oxygens (including phenoxy) is 1. The number of amides is 1. The first-order chi connectivity index (χ1) is 7.18. The molecule has 1 aliphatic heterocycles. The van der Waals surface area contributed by atoms with Crippen molar-refractivity contribution >= 4 is 22.0 Å². The van der Waals surface area contributed by atoms with Crippen molar-refractivity contribution in [2.45, 2.75) is 6.54 Å². The van der Waals surface area contributed by atoms with E-state index in [1.807, 2.05) is 18.2 Å². The third-order valence-corrected chi connectivity index (χ3v) is 2.91. The number of carbonyl (C=O) groups is 1. The van der Waals surface area contributed by atoms with Crippen LogP contribution in [0, 0.1) is 0 Å². The molecule has 5 heteroatoms. The first-order valence-corrected chi connectivity index (χ1v) is 5.36. The van der Waals surface area contributed by atoms with Crippen molar-refractivity contribution in [1.29, 1.82) is 0 Å². The molecule has 1 N–H and O–H groups in total. The van der Waals surface area contributed by atoms with Gasteiger partial charge in [-0.15, -0.1) is 0 Å². The quantitative estimate of drug-likeness (QED) is 0.788. The lowest BCUT2D eigenvalue weighted by Gasteiger charge is -2.14. The number of para-hydroxylation sites is 1. The van der Waals surface area contributed by atoms with Gasteiger partial charge in [-0.1, -0.05) is 12.1 Å². The summed E-state index contributed by atoms with van der Waals surface area (Å²) in [4.78, 5) is 12.2. The van der Waals surface area contributed by atoms with Crippen molar-refractivity contribution in [3.63, 3.8) is 0 Å². The highest BCUT2D eigenvalue weighted by Crippen LogP contribution is 2.31. The van der Waals surface area contributed by atoms with Gasteiger partial charge in [0.05, 0.1) is 17.6 Å². The van der Waals surface area contributed by atoms with Gasteiger partial charge in [-0.05, 0) is 22.0 Å². The maximum atomic E-state index is 10.9. The lowest BCUT2D eigenvalue weighted by molar-refractivity contribution is 0.138. The topological polar surface area (TPSA) is 49.8 Å². The molecule has 0 saturated heterocycles. The molecule has 0 bridgehead atoms. The fraction of sp³-hybridized carbons (Fsp3) is 0.300. The zero-order valence-corrected chi connectivity index (χ0v) is 9.53. The molecule has 1 aromatic rings. The summed E-state index contributed by atoms with van der Waals surface area (Å²) in [7, 11) is 0. The van der Waals surface area contributed by atoms with Gasteiger partial charge in [-0.25, -0.2) is 4.79 Å². The zero-order valence-electron chi connectivity index (χ0n) is 7.94. The van der Waals surface area contributed by atoms with Gasteiger partial charge >= 0.3 is 6.09 Å². The standard InChI is InChI=1S/C10H10BrNO3/c11-8-3-1-2-7-6-12(10(13)14)4-5-15-9(7)8/h1-3H,4-6H2,(H,13,14). The summed E-state index contributed by atoms with van der Waals surface area (Å²) in [5.74, 6) is 0.751. The molecule has 4 nitrogen and oxygen atoms in total. The molecular weight excluding hydrogens is 262 g/mol. The van der Waals surface area contributed by atoms with E-state index in [-0.39, 0.29) is 0 Å². The van der Waals surface area contributed by atoms with Gasteiger partial charge in [0, 0.05) is 5.56 Å². The Bertz CT molecular complexity index is 394. The minimum absolute atomic E-state index is 0.379. The van der Waals surface area contributed by atoms with Gasteiger partial charge in [-0.3, -0.25) is 0 Å². The molecule has 0 aliphatic carbocycles.